The maximum absolute atomic E-state index is 13.0. The highest BCUT2D eigenvalue weighted by Crippen LogP contribution is 2.23. The molecular weight excluding hydrogens is 566 g/mol. The summed E-state index contributed by atoms with van der Waals surface area (Å²) < 4.78 is 16.7. The monoisotopic (exact) mass is 609 g/mol. The number of amides is 3. The number of aromatic nitrogens is 1. The minimum atomic E-state index is -0.427. The van der Waals surface area contributed by atoms with E-state index in [1.54, 1.807) is 18.3 Å². The summed E-state index contributed by atoms with van der Waals surface area (Å²) in [5.74, 6) is 0.103. The number of nitrogens with one attached hydrogen (secondary N) is 1. The molecule has 2 aliphatic rings. The predicted octanol–water partition coefficient (Wildman–Crippen LogP) is 0.774. The van der Waals surface area contributed by atoms with Crippen molar-refractivity contribution < 1.29 is 28.6 Å². The second-order valence-electron chi connectivity index (χ2n) is 10.8. The molecule has 4 rings (SSSR count). The van der Waals surface area contributed by atoms with Gasteiger partial charge in [-0.2, -0.15) is 5.26 Å². The summed E-state index contributed by atoms with van der Waals surface area (Å²) in [7, 11) is 0. The normalized spacial score (nSPS) is 17.0. The number of carbonyl (C=O) groups is 3. The molecule has 238 valence electrons. The van der Waals surface area contributed by atoms with Crippen LogP contribution in [0.25, 0.3) is 10.9 Å². The molecule has 2 fully saturated rings. The summed E-state index contributed by atoms with van der Waals surface area (Å²) in [6, 6.07) is 8.78. The van der Waals surface area contributed by atoms with Gasteiger partial charge >= 0.3 is 0 Å². The number of hydrogen-bond acceptors (Lipinski definition) is 10. The zero-order valence-corrected chi connectivity index (χ0v) is 25.2. The van der Waals surface area contributed by atoms with Crippen LogP contribution in [0.2, 0.25) is 0 Å². The zero-order chi connectivity index (χ0) is 31.1. The number of rotatable bonds is 16. The molecule has 1 aromatic heterocycles. The van der Waals surface area contributed by atoms with Crippen LogP contribution in [0.4, 0.5) is 0 Å². The Hall–Kier alpha value is -3.83. The molecule has 2 saturated heterocycles. The first-order valence-corrected chi connectivity index (χ1v) is 15.3. The van der Waals surface area contributed by atoms with Crippen molar-refractivity contribution in [1.82, 2.24) is 25.0 Å². The molecule has 44 heavy (non-hydrogen) atoms. The minimum absolute atomic E-state index is 0.112. The third kappa shape index (κ3) is 9.59. The van der Waals surface area contributed by atoms with Crippen LogP contribution in [0.1, 0.15) is 36.0 Å². The van der Waals surface area contributed by atoms with Gasteiger partial charge in [-0.15, -0.1) is 0 Å². The molecule has 0 spiro atoms. The van der Waals surface area contributed by atoms with Gasteiger partial charge in [-0.25, -0.2) is 0 Å². The van der Waals surface area contributed by atoms with Crippen molar-refractivity contribution >= 4 is 28.6 Å². The van der Waals surface area contributed by atoms with E-state index < -0.39 is 6.04 Å². The third-order valence-corrected chi connectivity index (χ3v) is 7.79. The molecule has 0 bridgehead atoms. The number of nitriles is 1. The summed E-state index contributed by atoms with van der Waals surface area (Å²) in [4.78, 5) is 48.1. The first-order valence-electron chi connectivity index (χ1n) is 15.3. The van der Waals surface area contributed by atoms with Crippen LogP contribution in [-0.4, -0.2) is 129 Å². The van der Waals surface area contributed by atoms with Gasteiger partial charge in [-0.05, 0) is 43.5 Å². The molecule has 2 aliphatic heterocycles. The van der Waals surface area contributed by atoms with Crippen molar-refractivity contribution in [3.8, 4) is 11.8 Å². The predicted molar refractivity (Wildman–Crippen MR) is 163 cm³/mol. The molecule has 1 aromatic carbocycles. The number of nitrogens with two attached hydrogens (primary N) is 1. The number of hydrogen-bond donors (Lipinski definition) is 2. The molecule has 13 heteroatoms. The van der Waals surface area contributed by atoms with Gasteiger partial charge in [-0.1, -0.05) is 0 Å². The Balaban J connectivity index is 1.16. The van der Waals surface area contributed by atoms with Gasteiger partial charge in [0.25, 0.3) is 5.91 Å². The topological polar surface area (TPSA) is 163 Å². The molecule has 0 radical (unpaired) electrons. The highest BCUT2D eigenvalue weighted by atomic mass is 16.5. The lowest BCUT2D eigenvalue weighted by Gasteiger charge is -2.34. The van der Waals surface area contributed by atoms with Gasteiger partial charge in [-0.3, -0.25) is 24.3 Å². The van der Waals surface area contributed by atoms with E-state index >= 15 is 0 Å². The lowest BCUT2D eigenvalue weighted by atomic mass is 10.1. The van der Waals surface area contributed by atoms with E-state index in [1.807, 2.05) is 17.0 Å². The highest BCUT2D eigenvalue weighted by molar-refractivity contribution is 6.07. The number of likely N-dealkylation sites (tertiary alicyclic amines) is 1. The van der Waals surface area contributed by atoms with Crippen molar-refractivity contribution in [2.45, 2.75) is 31.7 Å². The Morgan fingerprint density at radius 3 is 2.57 bits per heavy atom. The van der Waals surface area contributed by atoms with E-state index in [1.165, 1.54) is 4.90 Å². The SMILES string of the molecule is N#C[C@@H]1CCCN1C(=O)CNC(=O)c1ccnc2ccc(OCCCN3CCN(C(=O)CCOCCOCCN)CC3)cc12. The summed E-state index contributed by atoms with van der Waals surface area (Å²) in [6.07, 6.45) is 4.20. The van der Waals surface area contributed by atoms with E-state index in [-0.39, 0.29) is 24.3 Å². The van der Waals surface area contributed by atoms with Crippen molar-refractivity contribution in [2.24, 2.45) is 5.73 Å². The van der Waals surface area contributed by atoms with Crippen molar-refractivity contribution in [2.75, 3.05) is 85.4 Å². The minimum Gasteiger partial charge on any atom is -0.494 e. The van der Waals surface area contributed by atoms with Crippen molar-refractivity contribution in [1.29, 1.82) is 5.26 Å². The number of nitrogens with zero attached hydrogens (tertiary/aromatic N) is 5. The molecule has 0 unspecified atom stereocenters. The Kier molecular flexibility index (Phi) is 13.1. The average molecular weight is 610 g/mol. The van der Waals surface area contributed by atoms with Gasteiger partial charge in [0, 0.05) is 57.4 Å². The van der Waals surface area contributed by atoms with E-state index in [0.29, 0.717) is 94.3 Å². The lowest BCUT2D eigenvalue weighted by molar-refractivity contribution is -0.134. The second kappa shape index (κ2) is 17.5. The largest absolute Gasteiger partial charge is 0.494 e. The molecule has 1 atom stereocenters. The maximum atomic E-state index is 13.0. The first-order chi connectivity index (χ1) is 21.5. The van der Waals surface area contributed by atoms with Crippen LogP contribution in [0, 0.1) is 11.3 Å². The third-order valence-electron chi connectivity index (χ3n) is 7.79. The molecule has 2 aromatic rings. The molecule has 0 saturated carbocycles. The number of benzene rings is 1. The number of pyridine rings is 1. The summed E-state index contributed by atoms with van der Waals surface area (Å²) in [6.45, 7) is 7.09. The molecule has 13 nitrogen and oxygen atoms in total. The van der Waals surface area contributed by atoms with E-state index in [2.05, 4.69) is 21.3 Å². The van der Waals surface area contributed by atoms with Crippen LogP contribution < -0.4 is 15.8 Å². The van der Waals surface area contributed by atoms with Crippen LogP contribution in [0.15, 0.2) is 30.5 Å². The van der Waals surface area contributed by atoms with Crippen molar-refractivity contribution in [3.05, 3.63) is 36.0 Å². The van der Waals surface area contributed by atoms with Gasteiger partial charge in [0.2, 0.25) is 11.8 Å². The van der Waals surface area contributed by atoms with Gasteiger partial charge < -0.3 is 35.1 Å². The fourth-order valence-corrected chi connectivity index (χ4v) is 5.39. The van der Waals surface area contributed by atoms with Crippen LogP contribution in [-0.2, 0) is 19.1 Å². The van der Waals surface area contributed by atoms with Crippen LogP contribution in [0.3, 0.4) is 0 Å². The fourth-order valence-electron chi connectivity index (χ4n) is 5.39. The van der Waals surface area contributed by atoms with E-state index in [9.17, 15) is 19.6 Å². The average Bonchev–Trinajstić information content (AvgIpc) is 3.54. The Morgan fingerprint density at radius 2 is 1.80 bits per heavy atom. The Labute approximate surface area is 258 Å². The summed E-state index contributed by atoms with van der Waals surface area (Å²) >= 11 is 0. The smallest absolute Gasteiger partial charge is 0.252 e. The number of fused-ring (bicyclic) bond motifs is 1. The number of ether oxygens (including phenoxy) is 3. The Morgan fingerprint density at radius 1 is 1.00 bits per heavy atom. The highest BCUT2D eigenvalue weighted by Gasteiger charge is 2.28. The number of piperazine rings is 1. The standard InChI is InChI=1S/C31H43N7O6/c32-8-18-43-20-19-42-17-7-29(39)37-14-12-36(13-15-37)10-2-16-44-25-4-5-28-27(21-25)26(6-9-34-28)31(41)35-23-30(40)38-11-1-3-24(38)22-33/h4-6,9,21,24H,1-3,7-8,10-20,23,32H2,(H,35,41)/t24-/m0/s1. The van der Waals surface area contributed by atoms with Crippen LogP contribution >= 0.6 is 0 Å². The van der Waals surface area contributed by atoms with E-state index in [4.69, 9.17) is 19.9 Å². The van der Waals surface area contributed by atoms with Crippen molar-refractivity contribution in [3.63, 3.8) is 0 Å². The quantitative estimate of drug-likeness (QED) is 0.260. The molecule has 3 N–H and O–H groups in total. The molecular formula is C31H43N7O6. The second-order valence-corrected chi connectivity index (χ2v) is 10.8. The maximum Gasteiger partial charge on any atom is 0.252 e. The van der Waals surface area contributed by atoms with Gasteiger partial charge in [0.1, 0.15) is 11.8 Å². The summed E-state index contributed by atoms with van der Waals surface area (Å²) in [5.41, 5.74) is 6.42. The Bertz CT molecular complexity index is 1290. The fraction of sp³-hybridized carbons (Fsp3) is 0.581. The lowest BCUT2D eigenvalue weighted by Crippen LogP contribution is -2.49. The van der Waals surface area contributed by atoms with Gasteiger partial charge in [0.05, 0.1) is 63.1 Å². The van der Waals surface area contributed by atoms with Crippen LogP contribution in [0.5, 0.6) is 5.75 Å². The molecule has 3 heterocycles. The summed E-state index contributed by atoms with van der Waals surface area (Å²) in [5, 5.41) is 12.6. The molecule has 3 amide bonds. The van der Waals surface area contributed by atoms with Gasteiger partial charge in [0.15, 0.2) is 0 Å². The zero-order valence-electron chi connectivity index (χ0n) is 25.2. The van der Waals surface area contributed by atoms with E-state index in [0.717, 1.165) is 32.5 Å². The first kappa shape index (κ1) is 33.1. The molecule has 0 aliphatic carbocycles. The number of carbonyl (C=O) groups excluding carboxylic acids is 3.